The number of para-hydroxylation sites is 2. The summed E-state index contributed by atoms with van der Waals surface area (Å²) in [5, 5.41) is 0. The van der Waals surface area contributed by atoms with E-state index in [0.717, 1.165) is 19.3 Å². The lowest BCUT2D eigenvalue weighted by atomic mass is 10.1. The monoisotopic (exact) mass is 292 g/mol. The molecule has 4 heteroatoms. The molecule has 0 aromatic heterocycles. The molecule has 1 aromatic carbocycles. The van der Waals surface area contributed by atoms with E-state index in [0.29, 0.717) is 23.8 Å². The van der Waals surface area contributed by atoms with Crippen molar-refractivity contribution in [2.75, 3.05) is 0 Å². The third-order valence-corrected chi connectivity index (χ3v) is 3.00. The SMILES string of the molecule is CCC(=O)Oc1ccccc1OC(=O)CCCCC(C)C. The number of ether oxygens (including phenoxy) is 2. The van der Waals surface area contributed by atoms with Crippen LogP contribution in [0.4, 0.5) is 0 Å². The van der Waals surface area contributed by atoms with Crippen molar-refractivity contribution in [1.82, 2.24) is 0 Å². The van der Waals surface area contributed by atoms with Gasteiger partial charge >= 0.3 is 11.9 Å². The van der Waals surface area contributed by atoms with E-state index in [9.17, 15) is 9.59 Å². The molecule has 0 atom stereocenters. The van der Waals surface area contributed by atoms with Crippen LogP contribution in [-0.4, -0.2) is 11.9 Å². The highest BCUT2D eigenvalue weighted by molar-refractivity contribution is 5.75. The van der Waals surface area contributed by atoms with E-state index in [1.54, 1.807) is 31.2 Å². The minimum absolute atomic E-state index is 0.275. The van der Waals surface area contributed by atoms with Gasteiger partial charge in [-0.25, -0.2) is 0 Å². The minimum Gasteiger partial charge on any atom is -0.423 e. The van der Waals surface area contributed by atoms with Gasteiger partial charge in [0.25, 0.3) is 0 Å². The normalized spacial score (nSPS) is 10.5. The zero-order valence-corrected chi connectivity index (χ0v) is 13.1. The van der Waals surface area contributed by atoms with Gasteiger partial charge in [-0.05, 0) is 24.5 Å². The lowest BCUT2D eigenvalue weighted by molar-refractivity contribution is -0.137. The minimum atomic E-state index is -0.351. The van der Waals surface area contributed by atoms with Crippen LogP contribution in [-0.2, 0) is 9.59 Å². The molecule has 0 saturated carbocycles. The maximum atomic E-state index is 11.8. The standard InChI is InChI=1S/C17H24O4/c1-4-16(18)20-14-10-6-7-11-15(14)21-17(19)12-8-5-9-13(2)3/h6-7,10-11,13H,4-5,8-9,12H2,1-3H3. The van der Waals surface area contributed by atoms with Crippen molar-refractivity contribution in [3.63, 3.8) is 0 Å². The molecule has 0 bridgehead atoms. The van der Waals surface area contributed by atoms with Crippen molar-refractivity contribution >= 4 is 11.9 Å². The van der Waals surface area contributed by atoms with Crippen LogP contribution in [0, 0.1) is 5.92 Å². The van der Waals surface area contributed by atoms with Crippen LogP contribution in [0.3, 0.4) is 0 Å². The van der Waals surface area contributed by atoms with Crippen LogP contribution in [0.1, 0.15) is 52.9 Å². The highest BCUT2D eigenvalue weighted by atomic mass is 16.6. The third-order valence-electron chi connectivity index (χ3n) is 3.00. The molecule has 0 amide bonds. The average molecular weight is 292 g/mol. The predicted octanol–water partition coefficient (Wildman–Crippen LogP) is 4.12. The van der Waals surface area contributed by atoms with Gasteiger partial charge < -0.3 is 9.47 Å². The summed E-state index contributed by atoms with van der Waals surface area (Å²) in [7, 11) is 0. The molecule has 0 radical (unpaired) electrons. The number of rotatable bonds is 8. The van der Waals surface area contributed by atoms with Crippen molar-refractivity contribution < 1.29 is 19.1 Å². The molecule has 21 heavy (non-hydrogen) atoms. The van der Waals surface area contributed by atoms with Gasteiger partial charge in [-0.1, -0.05) is 45.7 Å². The van der Waals surface area contributed by atoms with E-state index in [1.165, 1.54) is 0 Å². The highest BCUT2D eigenvalue weighted by Gasteiger charge is 2.12. The Kier molecular flexibility index (Phi) is 7.51. The second-order valence-electron chi connectivity index (χ2n) is 5.39. The summed E-state index contributed by atoms with van der Waals surface area (Å²) in [5.41, 5.74) is 0. The zero-order valence-electron chi connectivity index (χ0n) is 13.1. The number of unbranched alkanes of at least 4 members (excludes halogenated alkanes) is 1. The average Bonchev–Trinajstić information content (AvgIpc) is 2.45. The Morgan fingerprint density at radius 1 is 1.00 bits per heavy atom. The van der Waals surface area contributed by atoms with Gasteiger partial charge in [0.05, 0.1) is 0 Å². The molecule has 1 aromatic rings. The van der Waals surface area contributed by atoms with E-state index in [-0.39, 0.29) is 18.4 Å². The summed E-state index contributed by atoms with van der Waals surface area (Å²) in [6, 6.07) is 6.72. The van der Waals surface area contributed by atoms with Crippen molar-refractivity contribution in [3.8, 4) is 11.5 Å². The number of hydrogen-bond donors (Lipinski definition) is 0. The Hall–Kier alpha value is -1.84. The van der Waals surface area contributed by atoms with Gasteiger partial charge in [-0.2, -0.15) is 0 Å². The molecule has 0 unspecified atom stereocenters. The van der Waals surface area contributed by atoms with Gasteiger partial charge in [0, 0.05) is 12.8 Å². The molecule has 1 rings (SSSR count). The smallest absolute Gasteiger partial charge is 0.311 e. The van der Waals surface area contributed by atoms with E-state index in [1.807, 2.05) is 0 Å². The third kappa shape index (κ3) is 6.93. The Morgan fingerprint density at radius 3 is 2.10 bits per heavy atom. The maximum absolute atomic E-state index is 11.8. The Labute approximate surface area is 126 Å². The van der Waals surface area contributed by atoms with E-state index < -0.39 is 0 Å². The largest absolute Gasteiger partial charge is 0.423 e. The maximum Gasteiger partial charge on any atom is 0.311 e. The van der Waals surface area contributed by atoms with Crippen LogP contribution in [0.5, 0.6) is 11.5 Å². The lowest BCUT2D eigenvalue weighted by Gasteiger charge is -2.10. The number of benzene rings is 1. The Bertz CT molecular complexity index is 466. The van der Waals surface area contributed by atoms with E-state index >= 15 is 0 Å². The summed E-state index contributed by atoms with van der Waals surface area (Å²) in [6.07, 6.45) is 3.59. The molecule has 0 heterocycles. The fourth-order valence-corrected chi connectivity index (χ4v) is 1.81. The highest BCUT2D eigenvalue weighted by Crippen LogP contribution is 2.27. The molecule has 0 aliphatic heterocycles. The summed E-state index contributed by atoms with van der Waals surface area (Å²) in [4.78, 5) is 23.1. The predicted molar refractivity (Wildman–Crippen MR) is 81.3 cm³/mol. The molecular formula is C17H24O4. The van der Waals surface area contributed by atoms with Gasteiger partial charge in [0.15, 0.2) is 11.5 Å². The summed E-state index contributed by atoms with van der Waals surface area (Å²) in [6.45, 7) is 6.04. The summed E-state index contributed by atoms with van der Waals surface area (Å²) >= 11 is 0. The quantitative estimate of drug-likeness (QED) is 0.411. The second-order valence-corrected chi connectivity index (χ2v) is 5.39. The molecule has 0 aliphatic carbocycles. The molecule has 4 nitrogen and oxygen atoms in total. The summed E-state index contributed by atoms with van der Waals surface area (Å²) < 4.78 is 10.4. The van der Waals surface area contributed by atoms with Crippen molar-refractivity contribution in [1.29, 1.82) is 0 Å². The van der Waals surface area contributed by atoms with Gasteiger partial charge in [-0.3, -0.25) is 9.59 Å². The topological polar surface area (TPSA) is 52.6 Å². The first-order valence-corrected chi connectivity index (χ1v) is 7.53. The number of carbonyl (C=O) groups excluding carboxylic acids is 2. The first-order valence-electron chi connectivity index (χ1n) is 7.53. The molecule has 0 N–H and O–H groups in total. The molecular weight excluding hydrogens is 268 g/mol. The molecule has 0 spiro atoms. The molecule has 0 aliphatic rings. The molecule has 0 saturated heterocycles. The number of carbonyl (C=O) groups is 2. The lowest BCUT2D eigenvalue weighted by Crippen LogP contribution is -2.11. The van der Waals surface area contributed by atoms with Crippen LogP contribution >= 0.6 is 0 Å². The Morgan fingerprint density at radius 2 is 1.57 bits per heavy atom. The first-order chi connectivity index (χ1) is 10.0. The second kappa shape index (κ2) is 9.16. The van der Waals surface area contributed by atoms with Crippen LogP contribution in [0.15, 0.2) is 24.3 Å². The van der Waals surface area contributed by atoms with Crippen LogP contribution < -0.4 is 9.47 Å². The first kappa shape index (κ1) is 17.2. The fourth-order valence-electron chi connectivity index (χ4n) is 1.81. The summed E-state index contributed by atoms with van der Waals surface area (Å²) in [5.74, 6) is 0.595. The van der Waals surface area contributed by atoms with Gasteiger partial charge in [-0.15, -0.1) is 0 Å². The number of esters is 2. The van der Waals surface area contributed by atoms with Gasteiger partial charge in [0.2, 0.25) is 0 Å². The van der Waals surface area contributed by atoms with Crippen molar-refractivity contribution in [2.24, 2.45) is 5.92 Å². The number of hydrogen-bond acceptors (Lipinski definition) is 4. The van der Waals surface area contributed by atoms with E-state index in [2.05, 4.69) is 13.8 Å². The van der Waals surface area contributed by atoms with E-state index in [4.69, 9.17) is 9.47 Å². The zero-order chi connectivity index (χ0) is 15.7. The fraction of sp³-hybridized carbons (Fsp3) is 0.529. The Balaban J connectivity index is 2.50. The van der Waals surface area contributed by atoms with Crippen LogP contribution in [0.25, 0.3) is 0 Å². The molecule has 0 fully saturated rings. The van der Waals surface area contributed by atoms with Crippen LogP contribution in [0.2, 0.25) is 0 Å². The van der Waals surface area contributed by atoms with Gasteiger partial charge in [0.1, 0.15) is 0 Å². The molecule has 116 valence electrons. The van der Waals surface area contributed by atoms with Crippen molar-refractivity contribution in [2.45, 2.75) is 52.9 Å². The van der Waals surface area contributed by atoms with Crippen molar-refractivity contribution in [3.05, 3.63) is 24.3 Å².